The van der Waals surface area contributed by atoms with E-state index in [9.17, 15) is 4.79 Å². The van der Waals surface area contributed by atoms with Crippen LogP contribution in [-0.2, 0) is 11.2 Å². The van der Waals surface area contributed by atoms with E-state index in [2.05, 4.69) is 0 Å². The van der Waals surface area contributed by atoms with E-state index < -0.39 is 12.0 Å². The van der Waals surface area contributed by atoms with Crippen molar-refractivity contribution in [2.24, 2.45) is 11.7 Å². The van der Waals surface area contributed by atoms with E-state index in [1.54, 1.807) is 0 Å². The molecule has 0 saturated heterocycles. The minimum absolute atomic E-state index is 0.302. The Bertz CT molecular complexity index is 481. The lowest BCUT2D eigenvalue weighted by atomic mass is 9.99. The molecule has 1 aliphatic rings. The largest absolute Gasteiger partial charge is 0.493 e. The molecule has 0 aromatic heterocycles. The van der Waals surface area contributed by atoms with Gasteiger partial charge in [0.05, 0.1) is 6.61 Å². The van der Waals surface area contributed by atoms with Gasteiger partial charge in [0.15, 0.2) is 0 Å². The summed E-state index contributed by atoms with van der Waals surface area (Å²) in [5.41, 5.74) is 8.74. The minimum atomic E-state index is -0.980. The summed E-state index contributed by atoms with van der Waals surface area (Å²) >= 11 is 0. The molecule has 3 N–H and O–H groups in total. The zero-order chi connectivity index (χ0) is 14.0. The van der Waals surface area contributed by atoms with E-state index in [0.717, 1.165) is 29.0 Å². The highest BCUT2D eigenvalue weighted by Gasteiger charge is 2.23. The molecule has 1 aliphatic carbocycles. The SMILES string of the molecule is Cc1ccc(CC(N)C(=O)O)c(OCC2CC2)c1C. The summed E-state index contributed by atoms with van der Waals surface area (Å²) in [6, 6.07) is 3.03. The van der Waals surface area contributed by atoms with Gasteiger partial charge >= 0.3 is 5.97 Å². The van der Waals surface area contributed by atoms with Crippen molar-refractivity contribution in [3.05, 3.63) is 28.8 Å². The second kappa shape index (κ2) is 5.61. The van der Waals surface area contributed by atoms with Gasteiger partial charge in [-0.05, 0) is 49.3 Å². The molecule has 0 radical (unpaired) electrons. The molecular formula is C15H21NO3. The summed E-state index contributed by atoms with van der Waals surface area (Å²) < 4.78 is 5.90. The molecule has 0 spiro atoms. The fraction of sp³-hybridized carbons (Fsp3) is 0.533. The highest BCUT2D eigenvalue weighted by atomic mass is 16.5. The number of hydrogen-bond donors (Lipinski definition) is 2. The Kier molecular flexibility index (Phi) is 4.10. The molecule has 0 amide bonds. The van der Waals surface area contributed by atoms with Crippen molar-refractivity contribution in [3.8, 4) is 5.75 Å². The number of aliphatic carboxylic acids is 1. The highest BCUT2D eigenvalue weighted by molar-refractivity contribution is 5.73. The fourth-order valence-corrected chi connectivity index (χ4v) is 2.02. The summed E-state index contributed by atoms with van der Waals surface area (Å²) in [5.74, 6) is 0.510. The maximum absolute atomic E-state index is 10.9. The number of carboxylic acid groups (broad SMARTS) is 1. The van der Waals surface area contributed by atoms with Crippen molar-refractivity contribution in [2.75, 3.05) is 6.61 Å². The molecule has 1 atom stereocenters. The third kappa shape index (κ3) is 3.47. The van der Waals surface area contributed by atoms with Crippen LogP contribution in [0.15, 0.2) is 12.1 Å². The van der Waals surface area contributed by atoms with Crippen molar-refractivity contribution in [2.45, 2.75) is 39.2 Å². The van der Waals surface area contributed by atoms with Crippen LogP contribution in [0.25, 0.3) is 0 Å². The van der Waals surface area contributed by atoms with Gasteiger partial charge in [-0.25, -0.2) is 0 Å². The van der Waals surface area contributed by atoms with Gasteiger partial charge in [0.25, 0.3) is 0 Å². The van der Waals surface area contributed by atoms with E-state index in [0.29, 0.717) is 12.3 Å². The van der Waals surface area contributed by atoms with Crippen LogP contribution in [0.1, 0.15) is 29.5 Å². The van der Waals surface area contributed by atoms with Crippen LogP contribution >= 0.6 is 0 Å². The number of hydrogen-bond acceptors (Lipinski definition) is 3. The van der Waals surface area contributed by atoms with Crippen molar-refractivity contribution in [1.29, 1.82) is 0 Å². The van der Waals surface area contributed by atoms with Crippen LogP contribution in [0.3, 0.4) is 0 Å². The standard InChI is InChI=1S/C15H21NO3/c1-9-3-6-12(7-13(16)15(17)18)14(10(9)2)19-8-11-4-5-11/h3,6,11,13H,4-5,7-8,16H2,1-2H3,(H,17,18). The Morgan fingerprint density at radius 2 is 2.16 bits per heavy atom. The molecule has 0 aliphatic heterocycles. The first-order valence-electron chi connectivity index (χ1n) is 6.69. The summed E-state index contributed by atoms with van der Waals surface area (Å²) in [6.07, 6.45) is 2.76. The zero-order valence-corrected chi connectivity index (χ0v) is 11.5. The summed E-state index contributed by atoms with van der Waals surface area (Å²) in [6.45, 7) is 4.76. The van der Waals surface area contributed by atoms with Crippen LogP contribution in [0.5, 0.6) is 5.75 Å². The number of rotatable bonds is 6. The second-order valence-corrected chi connectivity index (χ2v) is 5.40. The lowest BCUT2D eigenvalue weighted by Crippen LogP contribution is -2.32. The van der Waals surface area contributed by atoms with Gasteiger partial charge in [0.1, 0.15) is 11.8 Å². The number of carbonyl (C=O) groups is 1. The number of ether oxygens (including phenoxy) is 1. The van der Waals surface area contributed by atoms with Gasteiger partial charge in [0, 0.05) is 6.42 Å². The number of nitrogens with two attached hydrogens (primary N) is 1. The van der Waals surface area contributed by atoms with Crippen LogP contribution in [0, 0.1) is 19.8 Å². The van der Waals surface area contributed by atoms with Crippen LogP contribution in [0.2, 0.25) is 0 Å². The molecular weight excluding hydrogens is 242 g/mol. The topological polar surface area (TPSA) is 72.6 Å². The quantitative estimate of drug-likeness (QED) is 0.824. The molecule has 4 nitrogen and oxygen atoms in total. The predicted molar refractivity (Wildman–Crippen MR) is 73.5 cm³/mol. The fourth-order valence-electron chi connectivity index (χ4n) is 2.02. The van der Waals surface area contributed by atoms with Gasteiger partial charge in [-0.2, -0.15) is 0 Å². The van der Waals surface area contributed by atoms with Crippen molar-refractivity contribution in [1.82, 2.24) is 0 Å². The molecule has 0 heterocycles. The maximum Gasteiger partial charge on any atom is 0.320 e. The molecule has 1 unspecified atom stereocenters. The Morgan fingerprint density at radius 1 is 1.47 bits per heavy atom. The smallest absolute Gasteiger partial charge is 0.320 e. The summed E-state index contributed by atoms with van der Waals surface area (Å²) in [4.78, 5) is 10.9. The molecule has 2 rings (SSSR count). The number of carboxylic acids is 1. The first-order valence-corrected chi connectivity index (χ1v) is 6.69. The third-order valence-corrected chi connectivity index (χ3v) is 3.68. The molecule has 1 aromatic carbocycles. The average Bonchev–Trinajstić information content (AvgIpc) is 3.17. The van der Waals surface area contributed by atoms with Crippen LogP contribution in [0.4, 0.5) is 0 Å². The van der Waals surface area contributed by atoms with Crippen molar-refractivity contribution in [3.63, 3.8) is 0 Å². The molecule has 1 saturated carbocycles. The lowest BCUT2D eigenvalue weighted by molar-refractivity contribution is -0.138. The molecule has 0 bridgehead atoms. The number of aryl methyl sites for hydroxylation is 1. The maximum atomic E-state index is 10.9. The molecule has 1 aromatic rings. The van der Waals surface area contributed by atoms with Crippen molar-refractivity contribution < 1.29 is 14.6 Å². The van der Waals surface area contributed by atoms with Gasteiger partial charge in [-0.15, -0.1) is 0 Å². The molecule has 4 heteroatoms. The minimum Gasteiger partial charge on any atom is -0.493 e. The normalized spacial score (nSPS) is 16.2. The van der Waals surface area contributed by atoms with Gasteiger partial charge in [0.2, 0.25) is 0 Å². The van der Waals surface area contributed by atoms with E-state index in [4.69, 9.17) is 15.6 Å². The second-order valence-electron chi connectivity index (χ2n) is 5.40. The Hall–Kier alpha value is -1.55. The zero-order valence-electron chi connectivity index (χ0n) is 11.5. The van der Waals surface area contributed by atoms with E-state index in [1.807, 2.05) is 26.0 Å². The first-order chi connectivity index (χ1) is 8.99. The van der Waals surface area contributed by atoms with E-state index in [-0.39, 0.29) is 0 Å². The van der Waals surface area contributed by atoms with Crippen LogP contribution in [-0.4, -0.2) is 23.7 Å². The third-order valence-electron chi connectivity index (χ3n) is 3.68. The summed E-state index contributed by atoms with van der Waals surface area (Å²) in [7, 11) is 0. The van der Waals surface area contributed by atoms with Gasteiger partial charge in [-0.1, -0.05) is 12.1 Å². The molecule has 104 valence electrons. The first kappa shape index (κ1) is 13.9. The summed E-state index contributed by atoms with van der Waals surface area (Å²) in [5, 5.41) is 8.92. The monoisotopic (exact) mass is 263 g/mol. The van der Waals surface area contributed by atoms with Gasteiger partial charge in [-0.3, -0.25) is 4.79 Å². The molecule has 1 fully saturated rings. The Labute approximate surface area is 113 Å². The molecule has 19 heavy (non-hydrogen) atoms. The Morgan fingerprint density at radius 3 is 2.74 bits per heavy atom. The average molecular weight is 263 g/mol. The van der Waals surface area contributed by atoms with E-state index >= 15 is 0 Å². The highest BCUT2D eigenvalue weighted by Crippen LogP contribution is 2.33. The lowest BCUT2D eigenvalue weighted by Gasteiger charge is -2.17. The van der Waals surface area contributed by atoms with E-state index in [1.165, 1.54) is 12.8 Å². The van der Waals surface area contributed by atoms with Crippen molar-refractivity contribution >= 4 is 5.97 Å². The van der Waals surface area contributed by atoms with Crippen LogP contribution < -0.4 is 10.5 Å². The number of benzene rings is 1. The predicted octanol–water partition coefficient (Wildman–Crippen LogP) is 2.05. The Balaban J connectivity index is 2.19. The van der Waals surface area contributed by atoms with Gasteiger partial charge < -0.3 is 15.6 Å².